The van der Waals surface area contributed by atoms with Crippen molar-refractivity contribution in [3.63, 3.8) is 0 Å². The average molecular weight is 228 g/mol. The van der Waals surface area contributed by atoms with Gasteiger partial charge in [-0.3, -0.25) is 0 Å². The van der Waals surface area contributed by atoms with Crippen LogP contribution in [0.25, 0.3) is 0 Å². The summed E-state index contributed by atoms with van der Waals surface area (Å²) in [5, 5.41) is 12.2. The van der Waals surface area contributed by atoms with Crippen LogP contribution in [0.3, 0.4) is 0 Å². The van der Waals surface area contributed by atoms with Crippen LogP contribution in [-0.4, -0.2) is 23.9 Å². The van der Waals surface area contributed by atoms with Crippen LogP contribution in [0.1, 0.15) is 31.6 Å². The lowest BCUT2D eigenvalue weighted by Crippen LogP contribution is -2.44. The molecule has 2 nitrogen and oxygen atoms in total. The summed E-state index contributed by atoms with van der Waals surface area (Å²) in [5.41, 5.74) is -0.385. The summed E-state index contributed by atoms with van der Waals surface area (Å²) in [6.45, 7) is 4.12. The zero-order valence-corrected chi connectivity index (χ0v) is 10.5. The normalized spacial score (nSPS) is 14.1. The lowest BCUT2D eigenvalue weighted by molar-refractivity contribution is -0.106. The Morgan fingerprint density at radius 2 is 2.13 bits per heavy atom. The van der Waals surface area contributed by atoms with Gasteiger partial charge in [0, 0.05) is 18.4 Å². The zero-order chi connectivity index (χ0) is 11.3. The Balaban J connectivity index is 2.68. The number of aliphatic hydroxyl groups is 1. The average Bonchev–Trinajstić information content (AvgIpc) is 2.74. The minimum atomic E-state index is -0.420. The number of ether oxygens (including phenoxy) is 1. The molecule has 0 aliphatic carbocycles. The van der Waals surface area contributed by atoms with Crippen LogP contribution in [-0.2, 0) is 11.2 Å². The second-order valence-corrected chi connectivity index (χ2v) is 4.81. The number of hydrogen-bond donors (Lipinski definition) is 1. The largest absolute Gasteiger partial charge is 0.390 e. The Morgan fingerprint density at radius 1 is 1.47 bits per heavy atom. The van der Waals surface area contributed by atoms with Gasteiger partial charge in [-0.05, 0) is 24.3 Å². The fourth-order valence-electron chi connectivity index (χ4n) is 1.95. The molecule has 0 aliphatic rings. The smallest absolute Gasteiger partial charge is 0.0934 e. The van der Waals surface area contributed by atoms with E-state index < -0.39 is 6.10 Å². The molecule has 3 heteroatoms. The minimum Gasteiger partial charge on any atom is -0.390 e. The first kappa shape index (κ1) is 12.7. The molecule has 1 atom stereocenters. The predicted molar refractivity (Wildman–Crippen MR) is 64.4 cm³/mol. The van der Waals surface area contributed by atoms with Gasteiger partial charge in [0.05, 0.1) is 11.7 Å². The van der Waals surface area contributed by atoms with Crippen molar-refractivity contribution in [3.8, 4) is 0 Å². The Morgan fingerprint density at radius 3 is 2.53 bits per heavy atom. The molecule has 0 radical (unpaired) electrons. The van der Waals surface area contributed by atoms with E-state index >= 15 is 0 Å². The predicted octanol–water partition coefficient (Wildman–Crippen LogP) is 2.86. The fraction of sp³-hybridized carbons (Fsp3) is 0.667. The molecule has 0 aromatic carbocycles. The number of aliphatic hydroxyl groups excluding tert-OH is 1. The van der Waals surface area contributed by atoms with E-state index in [-0.39, 0.29) is 5.60 Å². The summed E-state index contributed by atoms with van der Waals surface area (Å²) in [5.74, 6) is 0. The highest BCUT2D eigenvalue weighted by molar-refractivity contribution is 7.09. The van der Waals surface area contributed by atoms with E-state index in [4.69, 9.17) is 4.74 Å². The first-order valence-corrected chi connectivity index (χ1v) is 6.32. The Hall–Kier alpha value is -0.380. The molecule has 0 saturated carbocycles. The molecule has 1 N–H and O–H groups in total. The molecule has 1 aromatic heterocycles. The first-order chi connectivity index (χ1) is 7.18. The lowest BCUT2D eigenvalue weighted by Gasteiger charge is -2.35. The second kappa shape index (κ2) is 5.64. The van der Waals surface area contributed by atoms with E-state index in [0.29, 0.717) is 6.42 Å². The van der Waals surface area contributed by atoms with Gasteiger partial charge in [0.1, 0.15) is 0 Å². The van der Waals surface area contributed by atoms with Gasteiger partial charge in [-0.15, -0.1) is 11.3 Å². The van der Waals surface area contributed by atoms with Gasteiger partial charge >= 0.3 is 0 Å². The molecule has 15 heavy (non-hydrogen) atoms. The Labute approximate surface area is 95.9 Å². The summed E-state index contributed by atoms with van der Waals surface area (Å²) in [6, 6.07) is 4.07. The van der Waals surface area contributed by atoms with E-state index in [1.165, 1.54) is 4.88 Å². The van der Waals surface area contributed by atoms with Crippen LogP contribution in [0.4, 0.5) is 0 Å². The van der Waals surface area contributed by atoms with Crippen LogP contribution >= 0.6 is 11.3 Å². The highest BCUT2D eigenvalue weighted by Crippen LogP contribution is 2.27. The van der Waals surface area contributed by atoms with Gasteiger partial charge in [0.15, 0.2) is 0 Å². The van der Waals surface area contributed by atoms with Gasteiger partial charge in [0.25, 0.3) is 0 Å². The molecule has 86 valence electrons. The third kappa shape index (κ3) is 2.80. The summed E-state index contributed by atoms with van der Waals surface area (Å²) < 4.78 is 5.50. The van der Waals surface area contributed by atoms with Gasteiger partial charge < -0.3 is 9.84 Å². The standard InChI is InChI=1S/C12H20O2S/c1-4-12(5-2,14-3)11(13)9-10-7-6-8-15-10/h6-8,11,13H,4-5,9H2,1-3H3. The summed E-state index contributed by atoms with van der Waals surface area (Å²) in [6.07, 6.45) is 1.95. The monoisotopic (exact) mass is 228 g/mol. The number of thiophene rings is 1. The molecule has 0 spiro atoms. The number of methoxy groups -OCH3 is 1. The maximum Gasteiger partial charge on any atom is 0.0934 e. The lowest BCUT2D eigenvalue weighted by atomic mass is 9.88. The van der Waals surface area contributed by atoms with Crippen LogP contribution in [0.15, 0.2) is 17.5 Å². The van der Waals surface area contributed by atoms with E-state index in [2.05, 4.69) is 19.9 Å². The number of hydrogen-bond acceptors (Lipinski definition) is 3. The Kier molecular flexibility index (Phi) is 4.77. The van der Waals surface area contributed by atoms with Gasteiger partial charge in [-0.2, -0.15) is 0 Å². The van der Waals surface area contributed by atoms with Crippen molar-refractivity contribution in [1.29, 1.82) is 0 Å². The molecule has 0 saturated heterocycles. The third-order valence-corrected chi connectivity index (χ3v) is 4.08. The van der Waals surface area contributed by atoms with E-state index in [1.807, 2.05) is 11.4 Å². The van der Waals surface area contributed by atoms with Crippen molar-refractivity contribution in [3.05, 3.63) is 22.4 Å². The van der Waals surface area contributed by atoms with E-state index in [1.54, 1.807) is 18.4 Å². The molecular weight excluding hydrogens is 208 g/mol. The SMILES string of the molecule is CCC(CC)(OC)C(O)Cc1cccs1. The summed E-state index contributed by atoms with van der Waals surface area (Å²) in [7, 11) is 1.69. The highest BCUT2D eigenvalue weighted by Gasteiger charge is 2.34. The van der Waals surface area contributed by atoms with Gasteiger partial charge in [-0.25, -0.2) is 0 Å². The Bertz CT molecular complexity index is 257. The molecule has 0 amide bonds. The molecule has 0 aliphatic heterocycles. The van der Waals surface area contributed by atoms with Crippen LogP contribution in [0, 0.1) is 0 Å². The summed E-state index contributed by atoms with van der Waals surface area (Å²) >= 11 is 1.68. The number of rotatable bonds is 6. The third-order valence-electron chi connectivity index (χ3n) is 3.19. The van der Waals surface area contributed by atoms with Crippen molar-refractivity contribution in [2.75, 3.05) is 7.11 Å². The molecule has 1 unspecified atom stereocenters. The molecule has 1 heterocycles. The second-order valence-electron chi connectivity index (χ2n) is 3.78. The maximum absolute atomic E-state index is 10.2. The van der Waals surface area contributed by atoms with Gasteiger partial charge in [0.2, 0.25) is 0 Å². The van der Waals surface area contributed by atoms with E-state index in [0.717, 1.165) is 12.8 Å². The van der Waals surface area contributed by atoms with Crippen molar-refractivity contribution >= 4 is 11.3 Å². The van der Waals surface area contributed by atoms with Crippen molar-refractivity contribution in [1.82, 2.24) is 0 Å². The van der Waals surface area contributed by atoms with Crippen LogP contribution in [0.5, 0.6) is 0 Å². The maximum atomic E-state index is 10.2. The molecule has 0 fully saturated rings. The van der Waals surface area contributed by atoms with Crippen molar-refractivity contribution in [2.45, 2.75) is 44.8 Å². The minimum absolute atomic E-state index is 0.385. The van der Waals surface area contributed by atoms with Gasteiger partial charge in [-0.1, -0.05) is 19.9 Å². The topological polar surface area (TPSA) is 29.5 Å². The molecule has 1 rings (SSSR count). The van der Waals surface area contributed by atoms with Crippen molar-refractivity contribution in [2.24, 2.45) is 0 Å². The van der Waals surface area contributed by atoms with E-state index in [9.17, 15) is 5.11 Å². The van der Waals surface area contributed by atoms with Crippen molar-refractivity contribution < 1.29 is 9.84 Å². The zero-order valence-electron chi connectivity index (χ0n) is 9.69. The molecule has 1 aromatic rings. The highest BCUT2D eigenvalue weighted by atomic mass is 32.1. The first-order valence-electron chi connectivity index (χ1n) is 5.44. The molecular formula is C12H20O2S. The quantitative estimate of drug-likeness (QED) is 0.811. The van der Waals surface area contributed by atoms with Crippen LogP contribution < -0.4 is 0 Å². The molecule has 0 bridgehead atoms. The van der Waals surface area contributed by atoms with Crippen LogP contribution in [0.2, 0.25) is 0 Å². The summed E-state index contributed by atoms with van der Waals surface area (Å²) in [4.78, 5) is 1.21. The fourth-order valence-corrected chi connectivity index (χ4v) is 2.69.